The zero-order valence-corrected chi connectivity index (χ0v) is 21.6. The van der Waals surface area contributed by atoms with E-state index in [2.05, 4.69) is 49.9 Å². The highest BCUT2D eigenvalue weighted by atomic mass is 16.7. The molecule has 5 nitrogen and oxygen atoms in total. The molecule has 0 N–H and O–H groups in total. The van der Waals surface area contributed by atoms with Gasteiger partial charge in [-0.3, -0.25) is 0 Å². The van der Waals surface area contributed by atoms with E-state index in [0.717, 1.165) is 23.1 Å². The molecule has 0 radical (unpaired) electrons. The van der Waals surface area contributed by atoms with Gasteiger partial charge in [0.25, 0.3) is 0 Å². The molecule has 37 heavy (non-hydrogen) atoms. The normalized spacial score (nSPS) is 22.4. The summed E-state index contributed by atoms with van der Waals surface area (Å²) in [5, 5.41) is 0. The van der Waals surface area contributed by atoms with Crippen LogP contribution in [0.4, 0.5) is 0 Å². The minimum absolute atomic E-state index is 0.0903. The van der Waals surface area contributed by atoms with Crippen molar-refractivity contribution in [2.45, 2.75) is 70.3 Å². The average molecular weight is 503 g/mol. The van der Waals surface area contributed by atoms with Crippen molar-refractivity contribution in [2.24, 2.45) is 0 Å². The first-order valence-electron chi connectivity index (χ1n) is 13.1. The first-order chi connectivity index (χ1) is 18.2. The van der Waals surface area contributed by atoms with E-state index in [4.69, 9.17) is 23.7 Å². The van der Waals surface area contributed by atoms with Crippen molar-refractivity contribution in [1.29, 1.82) is 0 Å². The van der Waals surface area contributed by atoms with E-state index in [9.17, 15) is 0 Å². The summed E-state index contributed by atoms with van der Waals surface area (Å²) in [5.74, 6) is 0. The van der Waals surface area contributed by atoms with Crippen LogP contribution < -0.4 is 0 Å². The summed E-state index contributed by atoms with van der Waals surface area (Å²) in [4.78, 5) is 0. The van der Waals surface area contributed by atoms with Crippen LogP contribution in [0, 0.1) is 0 Å². The smallest absolute Gasteiger partial charge is 0.161 e. The molecule has 0 bridgehead atoms. The zero-order chi connectivity index (χ0) is 25.7. The maximum absolute atomic E-state index is 6.49. The van der Waals surface area contributed by atoms with Crippen LogP contribution in [-0.2, 0) is 43.5 Å². The Labute approximate surface area is 221 Å². The van der Waals surface area contributed by atoms with Crippen molar-refractivity contribution in [1.82, 2.24) is 0 Å². The molecule has 5 atom stereocenters. The van der Waals surface area contributed by atoms with Crippen molar-refractivity contribution in [3.8, 4) is 0 Å². The Bertz CT molecular complexity index is 1030. The van der Waals surface area contributed by atoms with Gasteiger partial charge in [0.15, 0.2) is 6.29 Å². The van der Waals surface area contributed by atoms with Crippen molar-refractivity contribution in [3.63, 3.8) is 0 Å². The molecule has 1 fully saturated rings. The molecule has 0 unspecified atom stereocenters. The Hall–Kier alpha value is -2.80. The van der Waals surface area contributed by atoms with E-state index in [1.165, 1.54) is 0 Å². The fraction of sp³-hybridized carbons (Fsp3) is 0.375. The number of hydrogen-bond acceptors (Lipinski definition) is 5. The van der Waals surface area contributed by atoms with E-state index in [1.54, 1.807) is 0 Å². The van der Waals surface area contributed by atoms with Crippen LogP contribution in [0.5, 0.6) is 0 Å². The molecular weight excluding hydrogens is 464 g/mol. The molecule has 196 valence electrons. The summed E-state index contributed by atoms with van der Waals surface area (Å²) in [6.45, 7) is 7.80. The summed E-state index contributed by atoms with van der Waals surface area (Å²) < 4.78 is 31.8. The molecule has 0 amide bonds. The Morgan fingerprint density at radius 2 is 1.35 bits per heavy atom. The van der Waals surface area contributed by atoms with Gasteiger partial charge in [-0.2, -0.15) is 0 Å². The van der Waals surface area contributed by atoms with Gasteiger partial charge in [-0.25, -0.2) is 0 Å². The minimum atomic E-state index is -0.439. The summed E-state index contributed by atoms with van der Waals surface area (Å²) >= 11 is 0. The second kappa shape index (κ2) is 14.8. The lowest BCUT2D eigenvalue weighted by Gasteiger charge is -2.42. The number of rotatable bonds is 14. The van der Waals surface area contributed by atoms with Crippen LogP contribution in [0.2, 0.25) is 0 Å². The van der Waals surface area contributed by atoms with Gasteiger partial charge in [-0.05, 0) is 23.1 Å². The van der Waals surface area contributed by atoms with E-state index in [1.807, 2.05) is 60.7 Å². The lowest BCUT2D eigenvalue weighted by molar-refractivity contribution is -0.284. The van der Waals surface area contributed by atoms with Crippen molar-refractivity contribution in [3.05, 3.63) is 120 Å². The first-order valence-corrected chi connectivity index (χ1v) is 13.1. The van der Waals surface area contributed by atoms with E-state index >= 15 is 0 Å². The van der Waals surface area contributed by atoms with Gasteiger partial charge in [0, 0.05) is 6.42 Å². The van der Waals surface area contributed by atoms with Crippen LogP contribution >= 0.6 is 0 Å². The van der Waals surface area contributed by atoms with Crippen molar-refractivity contribution >= 4 is 0 Å². The minimum Gasteiger partial charge on any atom is -0.374 e. The van der Waals surface area contributed by atoms with E-state index in [-0.39, 0.29) is 24.4 Å². The molecule has 0 aromatic heterocycles. The molecule has 3 aromatic rings. The Morgan fingerprint density at radius 3 is 1.89 bits per heavy atom. The maximum Gasteiger partial charge on any atom is 0.161 e. The van der Waals surface area contributed by atoms with Crippen LogP contribution in [-0.4, -0.2) is 37.3 Å². The Kier molecular flexibility index (Phi) is 10.9. The van der Waals surface area contributed by atoms with Gasteiger partial charge in [0.05, 0.1) is 38.6 Å². The third kappa shape index (κ3) is 8.63. The third-order valence-corrected chi connectivity index (χ3v) is 6.46. The van der Waals surface area contributed by atoms with Gasteiger partial charge >= 0.3 is 0 Å². The second-order valence-corrected chi connectivity index (χ2v) is 9.26. The van der Waals surface area contributed by atoms with Gasteiger partial charge in [-0.1, -0.05) is 104 Å². The van der Waals surface area contributed by atoms with Crippen molar-refractivity contribution in [2.75, 3.05) is 6.61 Å². The summed E-state index contributed by atoms with van der Waals surface area (Å²) in [6.07, 6.45) is 1.78. The van der Waals surface area contributed by atoms with Crippen LogP contribution in [0.3, 0.4) is 0 Å². The lowest BCUT2D eigenvalue weighted by atomic mass is 10.0. The Balaban J connectivity index is 1.50. The number of ether oxygens (including phenoxy) is 5. The molecule has 1 aliphatic heterocycles. The molecule has 1 saturated heterocycles. The molecule has 0 aliphatic carbocycles. The highest BCUT2D eigenvalue weighted by Crippen LogP contribution is 2.29. The largest absolute Gasteiger partial charge is 0.374 e. The summed E-state index contributed by atoms with van der Waals surface area (Å²) in [7, 11) is 0. The molecule has 4 rings (SSSR count). The van der Waals surface area contributed by atoms with Crippen LogP contribution in [0.25, 0.3) is 0 Å². The second-order valence-electron chi connectivity index (χ2n) is 9.26. The predicted molar refractivity (Wildman–Crippen MR) is 145 cm³/mol. The molecule has 1 aliphatic rings. The Morgan fingerprint density at radius 1 is 0.811 bits per heavy atom. The van der Waals surface area contributed by atoms with Gasteiger partial charge in [0.1, 0.15) is 12.2 Å². The number of benzene rings is 3. The van der Waals surface area contributed by atoms with Crippen molar-refractivity contribution < 1.29 is 23.7 Å². The average Bonchev–Trinajstić information content (AvgIpc) is 2.96. The zero-order valence-electron chi connectivity index (χ0n) is 21.6. The molecule has 0 spiro atoms. The lowest BCUT2D eigenvalue weighted by Crippen LogP contribution is -2.53. The van der Waals surface area contributed by atoms with E-state index in [0.29, 0.717) is 32.8 Å². The molecule has 5 heteroatoms. The fourth-order valence-corrected chi connectivity index (χ4v) is 4.42. The standard InChI is InChI=1S/C32H38O5/c1-3-28(4-2)36-31-20-29(34-22-26-16-10-6-11-17-26)32(35-23-27-18-12-7-13-19-27)30(37-31)24-33-21-25-14-8-5-9-15-25/h3,5-19,28-32H,1,4,20-24H2,2H3/t28-,29-,30-,31+,32+/m1/s1. The molecule has 1 heterocycles. The third-order valence-electron chi connectivity index (χ3n) is 6.46. The topological polar surface area (TPSA) is 46.2 Å². The van der Waals surface area contributed by atoms with Gasteiger partial charge in [-0.15, -0.1) is 6.58 Å². The summed E-state index contributed by atoms with van der Waals surface area (Å²) in [5.41, 5.74) is 3.33. The number of hydrogen-bond donors (Lipinski definition) is 0. The highest BCUT2D eigenvalue weighted by Gasteiger charge is 2.41. The van der Waals surface area contributed by atoms with Crippen LogP contribution in [0.15, 0.2) is 104 Å². The molecule has 0 saturated carbocycles. The summed E-state index contributed by atoms with van der Waals surface area (Å²) in [6, 6.07) is 30.5. The van der Waals surface area contributed by atoms with E-state index < -0.39 is 6.29 Å². The van der Waals surface area contributed by atoms with Gasteiger partial charge in [0.2, 0.25) is 0 Å². The highest BCUT2D eigenvalue weighted by molar-refractivity contribution is 5.15. The van der Waals surface area contributed by atoms with Crippen LogP contribution in [0.1, 0.15) is 36.5 Å². The quantitative estimate of drug-likeness (QED) is 0.236. The SMILES string of the molecule is C=C[C@H](CC)O[C@@H]1C[C@@H](OCc2ccccc2)[C@H](OCc2ccccc2)[C@@H](COCc2ccccc2)O1. The first kappa shape index (κ1) is 27.2. The molecule has 3 aromatic carbocycles. The molecular formula is C32H38O5. The predicted octanol–water partition coefficient (Wildman–Crippen LogP) is 6.47. The fourth-order valence-electron chi connectivity index (χ4n) is 4.42. The maximum atomic E-state index is 6.49. The van der Waals surface area contributed by atoms with Gasteiger partial charge < -0.3 is 23.7 Å². The monoisotopic (exact) mass is 502 g/mol.